The molecule has 35 heavy (non-hydrogen) atoms. The second kappa shape index (κ2) is 7.72. The Labute approximate surface area is 193 Å². The van der Waals surface area contributed by atoms with Crippen LogP contribution in [0.3, 0.4) is 0 Å². The highest BCUT2D eigenvalue weighted by Crippen LogP contribution is 2.38. The average molecular weight is 483 g/mol. The zero-order valence-electron chi connectivity index (χ0n) is 18.2. The molecule has 2 aromatic carbocycles. The van der Waals surface area contributed by atoms with Crippen LogP contribution in [0.5, 0.6) is 5.75 Å². The SMILES string of the molecule is COc1cc(C(N)=O)cc2oc(-c3c(C)[nH]c4c(-c5ccccc5)c(C(F)(F)F)nn4c3=O)nc12. The molecule has 0 aliphatic carbocycles. The molecule has 12 heteroatoms. The van der Waals surface area contributed by atoms with Crippen LogP contribution in [0.4, 0.5) is 13.2 Å². The Bertz CT molecular complexity index is 1680. The number of carbonyl (C=O) groups excluding carboxylic acids is 1. The number of nitrogens with zero attached hydrogens (tertiary/aromatic N) is 3. The van der Waals surface area contributed by atoms with Gasteiger partial charge in [-0.25, -0.2) is 4.98 Å². The number of amides is 1. The Morgan fingerprint density at radius 3 is 2.51 bits per heavy atom. The highest BCUT2D eigenvalue weighted by molar-refractivity contribution is 5.98. The maximum absolute atomic E-state index is 13.9. The minimum absolute atomic E-state index is 0.0903. The van der Waals surface area contributed by atoms with Gasteiger partial charge in [-0.1, -0.05) is 30.3 Å². The monoisotopic (exact) mass is 483 g/mol. The molecule has 3 aromatic heterocycles. The van der Waals surface area contributed by atoms with Gasteiger partial charge in [-0.3, -0.25) is 9.59 Å². The Balaban J connectivity index is 1.80. The Morgan fingerprint density at radius 1 is 1.17 bits per heavy atom. The summed E-state index contributed by atoms with van der Waals surface area (Å²) in [6.07, 6.45) is -4.82. The lowest BCUT2D eigenvalue weighted by atomic mass is 10.1. The zero-order valence-corrected chi connectivity index (χ0v) is 18.2. The van der Waals surface area contributed by atoms with Crippen LogP contribution >= 0.6 is 0 Å². The molecule has 3 heterocycles. The van der Waals surface area contributed by atoms with Gasteiger partial charge in [-0.05, 0) is 24.6 Å². The van der Waals surface area contributed by atoms with E-state index in [1.165, 1.54) is 38.3 Å². The van der Waals surface area contributed by atoms with E-state index < -0.39 is 23.3 Å². The molecule has 0 spiro atoms. The van der Waals surface area contributed by atoms with Crippen molar-refractivity contribution >= 4 is 22.7 Å². The number of carbonyl (C=O) groups is 1. The molecular formula is C23H16F3N5O4. The van der Waals surface area contributed by atoms with Gasteiger partial charge in [0.2, 0.25) is 11.8 Å². The number of benzene rings is 2. The number of primary amides is 1. The molecule has 0 bridgehead atoms. The second-order valence-electron chi connectivity index (χ2n) is 7.69. The van der Waals surface area contributed by atoms with Crippen molar-refractivity contribution in [1.29, 1.82) is 0 Å². The van der Waals surface area contributed by atoms with Gasteiger partial charge in [0.05, 0.1) is 12.7 Å². The predicted octanol–water partition coefficient (Wildman–Crippen LogP) is 3.93. The third-order valence-electron chi connectivity index (χ3n) is 5.48. The summed E-state index contributed by atoms with van der Waals surface area (Å²) in [6.45, 7) is 1.51. The van der Waals surface area contributed by atoms with Gasteiger partial charge in [0.1, 0.15) is 17.0 Å². The number of aromatic nitrogens is 4. The standard InChI is InChI=1S/C23H16F3N5O4/c1-10-15(21-29-17-13(34-2)8-12(19(27)32)9-14(17)35-21)22(33)31-20(28-10)16(11-6-4-3-5-7-11)18(30-31)23(24,25)26/h3-9,28H,1-2H3,(H2,27,32). The number of nitrogens with one attached hydrogen (secondary N) is 1. The van der Waals surface area contributed by atoms with Crippen molar-refractivity contribution in [3.63, 3.8) is 0 Å². The van der Waals surface area contributed by atoms with Crippen molar-refractivity contribution in [2.45, 2.75) is 13.1 Å². The van der Waals surface area contributed by atoms with E-state index in [-0.39, 0.29) is 56.3 Å². The second-order valence-corrected chi connectivity index (χ2v) is 7.69. The molecule has 5 rings (SSSR count). The number of methoxy groups -OCH3 is 1. The Kier molecular flexibility index (Phi) is 4.90. The molecule has 0 atom stereocenters. The minimum atomic E-state index is -4.82. The van der Waals surface area contributed by atoms with Gasteiger partial charge in [0.15, 0.2) is 16.8 Å². The molecule has 1 amide bonds. The maximum Gasteiger partial charge on any atom is 0.435 e. The van der Waals surface area contributed by atoms with Crippen molar-refractivity contribution in [2.75, 3.05) is 7.11 Å². The number of alkyl halides is 3. The maximum atomic E-state index is 13.9. The van der Waals surface area contributed by atoms with Gasteiger partial charge in [-0.2, -0.15) is 22.8 Å². The van der Waals surface area contributed by atoms with Gasteiger partial charge in [0, 0.05) is 11.3 Å². The third-order valence-corrected chi connectivity index (χ3v) is 5.48. The smallest absolute Gasteiger partial charge is 0.435 e. The van der Waals surface area contributed by atoms with Crippen LogP contribution in [-0.2, 0) is 6.18 Å². The number of ether oxygens (including phenoxy) is 1. The fourth-order valence-electron chi connectivity index (χ4n) is 3.92. The summed E-state index contributed by atoms with van der Waals surface area (Å²) in [5, 5.41) is 3.60. The van der Waals surface area contributed by atoms with E-state index in [1.54, 1.807) is 18.2 Å². The van der Waals surface area contributed by atoms with Crippen LogP contribution in [0.15, 0.2) is 51.7 Å². The minimum Gasteiger partial charge on any atom is -0.494 e. The molecule has 0 unspecified atom stereocenters. The van der Waals surface area contributed by atoms with Gasteiger partial charge in [-0.15, -0.1) is 0 Å². The molecule has 0 radical (unpaired) electrons. The van der Waals surface area contributed by atoms with E-state index in [0.29, 0.717) is 4.52 Å². The molecule has 9 nitrogen and oxygen atoms in total. The van der Waals surface area contributed by atoms with Crippen LogP contribution in [0.25, 0.3) is 39.3 Å². The van der Waals surface area contributed by atoms with Crippen molar-refractivity contribution in [1.82, 2.24) is 19.6 Å². The zero-order chi connectivity index (χ0) is 25.1. The number of H-pyrrole nitrogens is 1. The largest absolute Gasteiger partial charge is 0.494 e. The molecule has 178 valence electrons. The highest BCUT2D eigenvalue weighted by Gasteiger charge is 2.39. The molecular weight excluding hydrogens is 467 g/mol. The first-order valence-corrected chi connectivity index (χ1v) is 10.2. The van der Waals surface area contributed by atoms with Crippen molar-refractivity contribution in [3.8, 4) is 28.3 Å². The average Bonchev–Trinajstić information content (AvgIpc) is 3.40. The van der Waals surface area contributed by atoms with Crippen LogP contribution in [0.2, 0.25) is 0 Å². The number of fused-ring (bicyclic) bond motifs is 2. The molecule has 3 N–H and O–H groups in total. The van der Waals surface area contributed by atoms with Gasteiger partial charge in [0.25, 0.3) is 5.56 Å². The molecule has 0 saturated heterocycles. The summed E-state index contributed by atoms with van der Waals surface area (Å²) in [5.41, 5.74) is 3.59. The Hall–Kier alpha value is -4.61. The first-order valence-electron chi connectivity index (χ1n) is 10.2. The molecule has 0 fully saturated rings. The fourth-order valence-corrected chi connectivity index (χ4v) is 3.92. The summed E-state index contributed by atoms with van der Waals surface area (Å²) in [4.78, 5) is 32.2. The summed E-state index contributed by atoms with van der Waals surface area (Å²) < 4.78 is 53.2. The normalized spacial score (nSPS) is 11.9. The summed E-state index contributed by atoms with van der Waals surface area (Å²) >= 11 is 0. The van der Waals surface area contributed by atoms with Crippen molar-refractivity contribution in [3.05, 3.63) is 69.8 Å². The number of hydrogen-bond acceptors (Lipinski definition) is 6. The lowest BCUT2D eigenvalue weighted by molar-refractivity contribution is -0.140. The third kappa shape index (κ3) is 3.50. The van der Waals surface area contributed by atoms with Crippen LogP contribution in [-0.4, -0.2) is 32.6 Å². The van der Waals surface area contributed by atoms with Gasteiger partial charge >= 0.3 is 6.18 Å². The molecule has 5 aromatic rings. The van der Waals surface area contributed by atoms with E-state index in [0.717, 1.165) is 0 Å². The highest BCUT2D eigenvalue weighted by atomic mass is 19.4. The lowest BCUT2D eigenvalue weighted by Crippen LogP contribution is -2.19. The van der Waals surface area contributed by atoms with Crippen LogP contribution in [0.1, 0.15) is 21.7 Å². The number of hydrogen-bond donors (Lipinski definition) is 2. The number of halogens is 3. The van der Waals surface area contributed by atoms with Crippen LogP contribution < -0.4 is 16.0 Å². The molecule has 0 aliphatic heterocycles. The predicted molar refractivity (Wildman–Crippen MR) is 119 cm³/mol. The van der Waals surface area contributed by atoms with E-state index in [9.17, 15) is 22.8 Å². The topological polar surface area (TPSA) is 129 Å². The fraction of sp³-hybridized carbons (Fsp3) is 0.130. The van der Waals surface area contributed by atoms with E-state index >= 15 is 0 Å². The summed E-state index contributed by atoms with van der Waals surface area (Å²) in [6, 6.07) is 10.5. The first-order chi connectivity index (χ1) is 16.6. The number of aryl methyl sites for hydroxylation is 1. The van der Waals surface area contributed by atoms with Crippen molar-refractivity contribution < 1.29 is 27.1 Å². The number of oxazole rings is 1. The van der Waals surface area contributed by atoms with E-state index in [4.69, 9.17) is 14.9 Å². The molecule has 0 saturated carbocycles. The van der Waals surface area contributed by atoms with Crippen LogP contribution in [0, 0.1) is 6.92 Å². The number of nitrogens with two attached hydrogens (primary N) is 1. The number of aromatic amines is 1. The van der Waals surface area contributed by atoms with E-state index in [2.05, 4.69) is 15.1 Å². The van der Waals surface area contributed by atoms with E-state index in [1.807, 2.05) is 0 Å². The first kappa shape index (κ1) is 22.2. The number of rotatable bonds is 4. The Morgan fingerprint density at radius 2 is 1.89 bits per heavy atom. The summed E-state index contributed by atoms with van der Waals surface area (Å²) in [7, 11) is 1.35. The quantitative estimate of drug-likeness (QED) is 0.399. The summed E-state index contributed by atoms with van der Waals surface area (Å²) in [5.74, 6) is -0.750. The lowest BCUT2D eigenvalue weighted by Gasteiger charge is -2.07. The van der Waals surface area contributed by atoms with Gasteiger partial charge < -0.3 is 19.9 Å². The van der Waals surface area contributed by atoms with Crippen molar-refractivity contribution in [2.24, 2.45) is 5.73 Å². The molecule has 0 aliphatic rings.